The summed E-state index contributed by atoms with van der Waals surface area (Å²) in [6.45, 7) is 4.77. The monoisotopic (exact) mass is 379 g/mol. The molecule has 5 nitrogen and oxygen atoms in total. The molecule has 1 saturated heterocycles. The second kappa shape index (κ2) is 9.58. The molecule has 25 heavy (non-hydrogen) atoms. The summed E-state index contributed by atoms with van der Waals surface area (Å²) in [6, 6.07) is 7.44. The number of thioether (sulfide) groups is 1. The number of thiocarbonyl (C=S) groups is 1. The number of rotatable bonds is 8. The molecule has 1 aromatic carbocycles. The lowest BCUT2D eigenvalue weighted by molar-refractivity contribution is -0.146. The lowest BCUT2D eigenvalue weighted by Gasteiger charge is -2.13. The Morgan fingerprint density at radius 1 is 1.28 bits per heavy atom. The zero-order chi connectivity index (χ0) is 18.2. The maximum absolute atomic E-state index is 12.5. The Morgan fingerprint density at radius 2 is 2.00 bits per heavy atom. The fourth-order valence-corrected chi connectivity index (χ4v) is 3.37. The van der Waals surface area contributed by atoms with Crippen molar-refractivity contribution in [1.29, 1.82) is 0 Å². The van der Waals surface area contributed by atoms with Crippen LogP contribution in [0.15, 0.2) is 29.2 Å². The van der Waals surface area contributed by atoms with Crippen LogP contribution >= 0.6 is 24.0 Å². The molecule has 134 valence electrons. The minimum atomic E-state index is -0.438. The third kappa shape index (κ3) is 5.57. The molecule has 0 saturated carbocycles. The molecular weight excluding hydrogens is 358 g/mol. The molecule has 1 amide bonds. The van der Waals surface area contributed by atoms with Gasteiger partial charge in [-0.1, -0.05) is 49.5 Å². The maximum Gasteiger partial charge on any atom is 0.326 e. The minimum absolute atomic E-state index is 0.144. The molecular formula is C18H21NO4S2. The van der Waals surface area contributed by atoms with Crippen molar-refractivity contribution >= 4 is 46.3 Å². The third-order valence-electron chi connectivity index (χ3n) is 3.41. The number of benzene rings is 1. The van der Waals surface area contributed by atoms with E-state index in [1.165, 1.54) is 16.7 Å². The number of unbranched alkanes of at least 4 members (excludes halogenated alkanes) is 1. The lowest BCUT2D eigenvalue weighted by Crippen LogP contribution is -2.34. The average molecular weight is 380 g/mol. The largest absolute Gasteiger partial charge is 0.494 e. The molecule has 0 N–H and O–H groups in total. The van der Waals surface area contributed by atoms with E-state index in [1.54, 1.807) is 6.08 Å². The van der Waals surface area contributed by atoms with Crippen LogP contribution in [0.1, 0.15) is 32.3 Å². The van der Waals surface area contributed by atoms with Crippen molar-refractivity contribution < 1.29 is 19.1 Å². The number of nitrogens with zero attached hydrogens (tertiary/aromatic N) is 1. The van der Waals surface area contributed by atoms with Crippen molar-refractivity contribution in [3.8, 4) is 5.75 Å². The molecule has 1 fully saturated rings. The van der Waals surface area contributed by atoms with Gasteiger partial charge in [0.05, 0.1) is 18.1 Å². The number of esters is 1. The smallest absolute Gasteiger partial charge is 0.326 e. The predicted octanol–water partition coefficient (Wildman–Crippen LogP) is 3.63. The van der Waals surface area contributed by atoms with Crippen LogP contribution in [0.2, 0.25) is 0 Å². The van der Waals surface area contributed by atoms with E-state index in [-0.39, 0.29) is 12.5 Å². The summed E-state index contributed by atoms with van der Waals surface area (Å²) in [5, 5.41) is 0. The first-order chi connectivity index (χ1) is 12.0. The van der Waals surface area contributed by atoms with Gasteiger partial charge in [-0.3, -0.25) is 14.5 Å². The van der Waals surface area contributed by atoms with Crippen molar-refractivity contribution in [1.82, 2.24) is 4.90 Å². The van der Waals surface area contributed by atoms with Crippen LogP contribution in [0.4, 0.5) is 0 Å². The van der Waals surface area contributed by atoms with E-state index in [2.05, 4.69) is 0 Å². The third-order valence-corrected chi connectivity index (χ3v) is 4.79. The molecule has 1 aliphatic rings. The first-order valence-electron chi connectivity index (χ1n) is 8.19. The summed E-state index contributed by atoms with van der Waals surface area (Å²) in [5.74, 6) is 0.0745. The molecule has 1 aliphatic heterocycles. The van der Waals surface area contributed by atoms with Gasteiger partial charge in [0, 0.05) is 0 Å². The van der Waals surface area contributed by atoms with Crippen LogP contribution < -0.4 is 4.74 Å². The highest BCUT2D eigenvalue weighted by molar-refractivity contribution is 8.26. The fraction of sp³-hybridized carbons (Fsp3) is 0.389. The first kappa shape index (κ1) is 19.5. The molecule has 2 rings (SSSR count). The highest BCUT2D eigenvalue weighted by atomic mass is 32.2. The van der Waals surface area contributed by atoms with E-state index in [1.807, 2.05) is 38.1 Å². The molecule has 7 heteroatoms. The first-order valence-corrected chi connectivity index (χ1v) is 9.41. The number of carbonyl (C=O) groups excluding carboxylic acids is 2. The molecule has 0 atom stereocenters. The Balaban J connectivity index is 2.00. The number of hydrogen-bond donors (Lipinski definition) is 0. The van der Waals surface area contributed by atoms with Crippen molar-refractivity contribution in [3.05, 3.63) is 34.7 Å². The summed E-state index contributed by atoms with van der Waals surface area (Å²) in [6.07, 6.45) is 3.51. The van der Waals surface area contributed by atoms with Crippen LogP contribution in [0.25, 0.3) is 6.08 Å². The van der Waals surface area contributed by atoms with Crippen LogP contribution in [0.3, 0.4) is 0 Å². The molecule has 0 aliphatic carbocycles. The molecule has 0 bridgehead atoms. The van der Waals surface area contributed by atoms with Gasteiger partial charge in [-0.25, -0.2) is 0 Å². The Bertz CT molecular complexity index is 670. The van der Waals surface area contributed by atoms with E-state index in [9.17, 15) is 9.59 Å². The van der Waals surface area contributed by atoms with Gasteiger partial charge >= 0.3 is 5.97 Å². The van der Waals surface area contributed by atoms with Gasteiger partial charge in [-0.15, -0.1) is 0 Å². The second-order valence-corrected chi connectivity index (χ2v) is 7.02. The summed E-state index contributed by atoms with van der Waals surface area (Å²) in [5.41, 5.74) is 0.870. The number of carbonyl (C=O) groups is 2. The minimum Gasteiger partial charge on any atom is -0.494 e. The number of amides is 1. The Kier molecular flexibility index (Phi) is 7.46. The van der Waals surface area contributed by atoms with Gasteiger partial charge in [-0.05, 0) is 37.1 Å². The molecule has 0 aromatic heterocycles. The summed E-state index contributed by atoms with van der Waals surface area (Å²) >= 11 is 6.41. The van der Waals surface area contributed by atoms with Crippen LogP contribution in [-0.2, 0) is 14.3 Å². The SMILES string of the molecule is CCCCOC(=O)CN1C(=O)/C(=C/c2ccc(OCC)cc2)SC1=S. The highest BCUT2D eigenvalue weighted by Crippen LogP contribution is 2.32. The van der Waals surface area contributed by atoms with E-state index in [4.69, 9.17) is 21.7 Å². The van der Waals surface area contributed by atoms with Gasteiger partial charge in [0.1, 0.15) is 16.6 Å². The van der Waals surface area contributed by atoms with Crippen LogP contribution in [-0.4, -0.2) is 40.9 Å². The van der Waals surface area contributed by atoms with Gasteiger partial charge in [0.2, 0.25) is 0 Å². The lowest BCUT2D eigenvalue weighted by atomic mass is 10.2. The topological polar surface area (TPSA) is 55.8 Å². The molecule has 0 spiro atoms. The summed E-state index contributed by atoms with van der Waals surface area (Å²) < 4.78 is 10.9. The standard InChI is InChI=1S/C18H21NO4S2/c1-3-5-10-23-16(20)12-19-17(21)15(25-18(19)24)11-13-6-8-14(9-7-13)22-4-2/h6-9,11H,3-5,10,12H2,1-2H3/b15-11-. The van der Waals surface area contributed by atoms with Crippen LogP contribution in [0, 0.1) is 0 Å². The predicted molar refractivity (Wildman–Crippen MR) is 103 cm³/mol. The molecule has 1 aromatic rings. The van der Waals surface area contributed by atoms with Crippen molar-refractivity contribution in [2.75, 3.05) is 19.8 Å². The zero-order valence-corrected chi connectivity index (χ0v) is 16.0. The highest BCUT2D eigenvalue weighted by Gasteiger charge is 2.33. The van der Waals surface area contributed by atoms with Crippen molar-refractivity contribution in [2.45, 2.75) is 26.7 Å². The van der Waals surface area contributed by atoms with Gasteiger partial charge < -0.3 is 9.47 Å². The van der Waals surface area contributed by atoms with E-state index in [0.29, 0.717) is 22.4 Å². The number of hydrogen-bond acceptors (Lipinski definition) is 6. The Hall–Kier alpha value is -1.86. The summed E-state index contributed by atoms with van der Waals surface area (Å²) in [7, 11) is 0. The van der Waals surface area contributed by atoms with Gasteiger partial charge in [0.15, 0.2) is 0 Å². The fourth-order valence-electron chi connectivity index (χ4n) is 2.12. The van der Waals surface area contributed by atoms with Gasteiger partial charge in [-0.2, -0.15) is 0 Å². The Labute approximate surface area is 157 Å². The normalized spacial score (nSPS) is 15.8. The molecule has 1 heterocycles. The molecule has 0 unspecified atom stereocenters. The van der Waals surface area contributed by atoms with E-state index >= 15 is 0 Å². The molecule has 0 radical (unpaired) electrons. The van der Waals surface area contributed by atoms with Crippen LogP contribution in [0.5, 0.6) is 5.75 Å². The summed E-state index contributed by atoms with van der Waals surface area (Å²) in [4.78, 5) is 26.1. The zero-order valence-electron chi connectivity index (χ0n) is 14.3. The van der Waals surface area contributed by atoms with E-state index < -0.39 is 5.97 Å². The van der Waals surface area contributed by atoms with Crippen molar-refractivity contribution in [2.24, 2.45) is 0 Å². The second-order valence-electron chi connectivity index (χ2n) is 5.34. The van der Waals surface area contributed by atoms with E-state index in [0.717, 1.165) is 24.2 Å². The van der Waals surface area contributed by atoms with Gasteiger partial charge in [0.25, 0.3) is 5.91 Å². The Morgan fingerprint density at radius 3 is 2.64 bits per heavy atom. The number of ether oxygens (including phenoxy) is 2. The van der Waals surface area contributed by atoms with Crippen molar-refractivity contribution in [3.63, 3.8) is 0 Å². The maximum atomic E-state index is 12.5. The average Bonchev–Trinajstić information content (AvgIpc) is 2.85. The quantitative estimate of drug-likeness (QED) is 0.298.